The Labute approximate surface area is 86.8 Å². The quantitative estimate of drug-likeness (QED) is 0.727. The topological polar surface area (TPSA) is 24.5 Å². The van der Waals surface area contributed by atoms with Crippen LogP contribution in [0.15, 0.2) is 0 Å². The normalized spacial score (nSPS) is 32.6. The number of hydrogen-bond acceptors (Lipinski definition) is 3. The molecule has 0 spiro atoms. The maximum absolute atomic E-state index is 5.71. The molecule has 0 radical (unpaired) electrons. The van der Waals surface area contributed by atoms with E-state index in [0.29, 0.717) is 11.6 Å². The van der Waals surface area contributed by atoms with Crippen LogP contribution < -0.4 is 5.32 Å². The Hall–Kier alpha value is -0.120. The lowest BCUT2D eigenvalue weighted by Crippen LogP contribution is -2.53. The van der Waals surface area contributed by atoms with Crippen molar-refractivity contribution in [2.75, 3.05) is 33.3 Å². The summed E-state index contributed by atoms with van der Waals surface area (Å²) in [5, 5.41) is 3.63. The minimum atomic E-state index is 0.395. The average molecular weight is 198 g/mol. The highest BCUT2D eigenvalue weighted by Crippen LogP contribution is 2.30. The van der Waals surface area contributed by atoms with Gasteiger partial charge in [-0.2, -0.15) is 0 Å². The van der Waals surface area contributed by atoms with Crippen molar-refractivity contribution in [2.45, 2.75) is 37.8 Å². The van der Waals surface area contributed by atoms with Crippen molar-refractivity contribution in [1.29, 1.82) is 0 Å². The zero-order valence-corrected chi connectivity index (χ0v) is 9.38. The summed E-state index contributed by atoms with van der Waals surface area (Å²) in [4.78, 5) is 2.35. The molecule has 1 saturated heterocycles. The molecule has 1 unspecified atom stereocenters. The van der Waals surface area contributed by atoms with Crippen molar-refractivity contribution in [2.24, 2.45) is 0 Å². The van der Waals surface area contributed by atoms with Gasteiger partial charge in [-0.15, -0.1) is 0 Å². The van der Waals surface area contributed by atoms with E-state index in [4.69, 9.17) is 4.74 Å². The lowest BCUT2D eigenvalue weighted by molar-refractivity contribution is -0.0238. The van der Waals surface area contributed by atoms with E-state index in [1.807, 2.05) is 0 Å². The maximum Gasteiger partial charge on any atom is 0.0826 e. The largest absolute Gasteiger partial charge is 0.374 e. The van der Waals surface area contributed by atoms with Crippen molar-refractivity contribution in [1.82, 2.24) is 10.2 Å². The van der Waals surface area contributed by atoms with E-state index in [-0.39, 0.29) is 0 Å². The molecule has 14 heavy (non-hydrogen) atoms. The highest BCUT2D eigenvalue weighted by molar-refractivity contribution is 4.92. The monoisotopic (exact) mass is 198 g/mol. The van der Waals surface area contributed by atoms with Gasteiger partial charge in [0.25, 0.3) is 0 Å². The standard InChI is InChI=1S/C11H22N2O/c1-11(4-3-5-11)12-8-10-9-13(2)6-7-14-10/h10,12H,3-9H2,1-2H3. The van der Waals surface area contributed by atoms with Crippen molar-refractivity contribution in [3.63, 3.8) is 0 Å². The fourth-order valence-corrected chi connectivity index (χ4v) is 2.23. The lowest BCUT2D eigenvalue weighted by atomic mass is 9.78. The van der Waals surface area contributed by atoms with Crippen LogP contribution in [0, 0.1) is 0 Å². The van der Waals surface area contributed by atoms with Gasteiger partial charge in [0, 0.05) is 25.2 Å². The smallest absolute Gasteiger partial charge is 0.0826 e. The molecule has 82 valence electrons. The molecule has 0 aromatic rings. The number of likely N-dealkylation sites (N-methyl/N-ethyl adjacent to an activating group) is 1. The summed E-state index contributed by atoms with van der Waals surface area (Å²) >= 11 is 0. The van der Waals surface area contributed by atoms with Crippen molar-refractivity contribution >= 4 is 0 Å². The summed E-state index contributed by atoms with van der Waals surface area (Å²) in [5.74, 6) is 0. The molecule has 3 nitrogen and oxygen atoms in total. The van der Waals surface area contributed by atoms with Crippen molar-refractivity contribution < 1.29 is 4.74 Å². The van der Waals surface area contributed by atoms with Gasteiger partial charge in [-0.25, -0.2) is 0 Å². The summed E-state index contributed by atoms with van der Waals surface area (Å²) in [7, 11) is 2.17. The molecule has 0 bridgehead atoms. The molecule has 1 atom stereocenters. The van der Waals surface area contributed by atoms with Gasteiger partial charge in [0.2, 0.25) is 0 Å². The number of nitrogens with one attached hydrogen (secondary N) is 1. The average Bonchev–Trinajstić information content (AvgIpc) is 2.12. The Morgan fingerprint density at radius 3 is 2.86 bits per heavy atom. The van der Waals surface area contributed by atoms with E-state index in [2.05, 4.69) is 24.2 Å². The highest BCUT2D eigenvalue weighted by Gasteiger charge is 2.32. The van der Waals surface area contributed by atoms with E-state index in [1.165, 1.54) is 19.3 Å². The molecule has 0 aromatic carbocycles. The zero-order chi connectivity index (χ0) is 10.0. The molecule has 2 aliphatic rings. The lowest BCUT2D eigenvalue weighted by Gasteiger charge is -2.41. The van der Waals surface area contributed by atoms with Gasteiger partial charge in [0.1, 0.15) is 0 Å². The first-order valence-corrected chi connectivity index (χ1v) is 5.73. The third-order valence-corrected chi connectivity index (χ3v) is 3.56. The molecule has 1 aliphatic carbocycles. The molecule has 0 aromatic heterocycles. The summed E-state index contributed by atoms with van der Waals surface area (Å²) in [6, 6.07) is 0. The second-order valence-electron chi connectivity index (χ2n) is 5.05. The molecular weight excluding hydrogens is 176 g/mol. The Morgan fingerprint density at radius 2 is 2.29 bits per heavy atom. The van der Waals surface area contributed by atoms with Crippen LogP contribution in [0.2, 0.25) is 0 Å². The van der Waals surface area contributed by atoms with Gasteiger partial charge >= 0.3 is 0 Å². The third-order valence-electron chi connectivity index (χ3n) is 3.56. The summed E-state index contributed by atoms with van der Waals surface area (Å²) in [5.41, 5.74) is 0.416. The van der Waals surface area contributed by atoms with Gasteiger partial charge in [0.05, 0.1) is 12.7 Å². The number of morpholine rings is 1. The van der Waals surface area contributed by atoms with Crippen LogP contribution in [-0.4, -0.2) is 49.8 Å². The summed E-state index contributed by atoms with van der Waals surface area (Å²) in [6.45, 7) is 6.38. The van der Waals surface area contributed by atoms with Crippen LogP contribution in [0.25, 0.3) is 0 Å². The SMILES string of the molecule is CN1CCOC(CNC2(C)CCC2)C1. The Balaban J connectivity index is 1.69. The Kier molecular flexibility index (Phi) is 3.10. The molecule has 1 aliphatic heterocycles. The van der Waals surface area contributed by atoms with Crippen LogP contribution >= 0.6 is 0 Å². The number of hydrogen-bond donors (Lipinski definition) is 1. The van der Waals surface area contributed by atoms with Crippen LogP contribution in [0.1, 0.15) is 26.2 Å². The zero-order valence-electron chi connectivity index (χ0n) is 9.38. The van der Waals surface area contributed by atoms with E-state index in [9.17, 15) is 0 Å². The van der Waals surface area contributed by atoms with E-state index in [0.717, 1.165) is 26.2 Å². The molecule has 1 N–H and O–H groups in total. The van der Waals surface area contributed by atoms with Crippen LogP contribution in [0.4, 0.5) is 0 Å². The van der Waals surface area contributed by atoms with Crippen molar-refractivity contribution in [3.05, 3.63) is 0 Å². The van der Waals surface area contributed by atoms with E-state index >= 15 is 0 Å². The second-order valence-corrected chi connectivity index (χ2v) is 5.05. The number of rotatable bonds is 3. The minimum Gasteiger partial charge on any atom is -0.374 e. The molecule has 0 amide bonds. The number of nitrogens with zero attached hydrogens (tertiary/aromatic N) is 1. The van der Waals surface area contributed by atoms with Gasteiger partial charge in [-0.3, -0.25) is 0 Å². The summed E-state index contributed by atoms with van der Waals surface area (Å²) in [6.07, 6.45) is 4.44. The van der Waals surface area contributed by atoms with E-state index < -0.39 is 0 Å². The predicted octanol–water partition coefficient (Wildman–Crippen LogP) is 0.849. The first-order chi connectivity index (χ1) is 6.68. The molecular formula is C11H22N2O. The van der Waals surface area contributed by atoms with Gasteiger partial charge in [0.15, 0.2) is 0 Å². The molecule has 1 saturated carbocycles. The van der Waals surface area contributed by atoms with Crippen molar-refractivity contribution in [3.8, 4) is 0 Å². The van der Waals surface area contributed by atoms with Gasteiger partial charge in [-0.05, 0) is 33.2 Å². The highest BCUT2D eigenvalue weighted by atomic mass is 16.5. The van der Waals surface area contributed by atoms with Gasteiger partial charge in [-0.1, -0.05) is 0 Å². The van der Waals surface area contributed by atoms with Crippen LogP contribution in [0.3, 0.4) is 0 Å². The fourth-order valence-electron chi connectivity index (χ4n) is 2.23. The first kappa shape index (κ1) is 10.4. The minimum absolute atomic E-state index is 0.395. The Morgan fingerprint density at radius 1 is 1.50 bits per heavy atom. The summed E-state index contributed by atoms with van der Waals surface area (Å²) < 4.78 is 5.71. The molecule has 3 heteroatoms. The van der Waals surface area contributed by atoms with E-state index in [1.54, 1.807) is 0 Å². The maximum atomic E-state index is 5.71. The van der Waals surface area contributed by atoms with Gasteiger partial charge < -0.3 is 15.0 Å². The molecule has 2 rings (SSSR count). The Bertz CT molecular complexity index is 192. The fraction of sp³-hybridized carbons (Fsp3) is 1.00. The first-order valence-electron chi connectivity index (χ1n) is 5.73. The third kappa shape index (κ3) is 2.47. The number of ether oxygens (including phenoxy) is 1. The molecule has 2 fully saturated rings. The second kappa shape index (κ2) is 4.17. The van der Waals surface area contributed by atoms with Crippen LogP contribution in [0.5, 0.6) is 0 Å². The predicted molar refractivity (Wildman–Crippen MR) is 57.5 cm³/mol. The van der Waals surface area contributed by atoms with Crippen LogP contribution in [-0.2, 0) is 4.74 Å². The molecule has 1 heterocycles.